The molecular formula is C20H21F2N11O9PS-. The molecule has 3 saturated heterocycles. The first kappa shape index (κ1) is 29.2. The number of imidazole rings is 2. The maximum absolute atomic E-state index is 15.8. The van der Waals surface area contributed by atoms with Gasteiger partial charge in [-0.3, -0.25) is 17.9 Å². The van der Waals surface area contributed by atoms with Gasteiger partial charge in [0.2, 0.25) is 0 Å². The molecular weight excluding hydrogens is 639 g/mol. The molecule has 4 aromatic rings. The van der Waals surface area contributed by atoms with Crippen molar-refractivity contribution in [1.29, 1.82) is 0 Å². The lowest BCUT2D eigenvalue weighted by atomic mass is 10.1. The van der Waals surface area contributed by atoms with Gasteiger partial charge in [-0.1, -0.05) is 0 Å². The first-order chi connectivity index (χ1) is 20.9. The number of alkyl halides is 2. The molecule has 24 heteroatoms. The van der Waals surface area contributed by atoms with E-state index in [1.54, 1.807) is 0 Å². The molecule has 0 aromatic carbocycles. The molecule has 0 spiro atoms. The van der Waals surface area contributed by atoms with E-state index in [0.29, 0.717) is 0 Å². The fourth-order valence-electron chi connectivity index (χ4n) is 5.22. The van der Waals surface area contributed by atoms with Gasteiger partial charge in [-0.05, 0) is 0 Å². The van der Waals surface area contributed by atoms with Crippen LogP contribution in [-0.2, 0) is 37.6 Å². The van der Waals surface area contributed by atoms with Gasteiger partial charge < -0.3 is 34.9 Å². The second kappa shape index (κ2) is 10.5. The molecule has 3 fully saturated rings. The SMILES string of the molecule is Nc1ncnc2c1ncn2[C@@H]1O[C@@H]2COP(=O)([O-])O[C@H]3[C@@H](F)[C@H](n4cnc5c(N)ncnc54)O[C@@H]3COS(=O)(=O)N[C@H]2[C@H]1F. The van der Waals surface area contributed by atoms with Crippen molar-refractivity contribution in [2.75, 3.05) is 24.7 Å². The van der Waals surface area contributed by atoms with Crippen LogP contribution in [0.15, 0.2) is 25.3 Å². The summed E-state index contributed by atoms with van der Waals surface area (Å²) in [4.78, 5) is 36.5. The number of hydrogen-bond acceptors (Lipinski definition) is 17. The molecule has 7 heterocycles. The van der Waals surface area contributed by atoms with E-state index in [1.165, 1.54) is 0 Å². The fourth-order valence-corrected chi connectivity index (χ4v) is 7.15. The van der Waals surface area contributed by atoms with Crippen LogP contribution in [0.1, 0.15) is 12.5 Å². The summed E-state index contributed by atoms with van der Waals surface area (Å²) >= 11 is 0. The third-order valence-electron chi connectivity index (χ3n) is 7.24. The number of phosphoric acid groups is 1. The number of phosphoric ester groups is 1. The van der Waals surface area contributed by atoms with Crippen LogP contribution in [0.25, 0.3) is 22.3 Å². The monoisotopic (exact) mass is 660 g/mol. The molecule has 0 saturated carbocycles. The molecule has 7 rings (SSSR count). The normalized spacial score (nSPS) is 36.1. The van der Waals surface area contributed by atoms with Gasteiger partial charge in [0.1, 0.15) is 42.0 Å². The van der Waals surface area contributed by atoms with Crippen LogP contribution in [0.4, 0.5) is 20.4 Å². The number of nitrogen functional groups attached to an aromatic ring is 2. The number of ether oxygens (including phenoxy) is 2. The molecule has 5 N–H and O–H groups in total. The lowest BCUT2D eigenvalue weighted by Gasteiger charge is -2.31. The fraction of sp³-hybridized carbons (Fsp3) is 0.500. The van der Waals surface area contributed by atoms with Crippen LogP contribution in [0.2, 0.25) is 0 Å². The minimum absolute atomic E-state index is 0.00433. The molecule has 0 bridgehead atoms. The van der Waals surface area contributed by atoms with E-state index in [2.05, 4.69) is 29.9 Å². The molecule has 9 atom stereocenters. The van der Waals surface area contributed by atoms with Crippen molar-refractivity contribution < 1.29 is 49.4 Å². The van der Waals surface area contributed by atoms with Gasteiger partial charge in [0.25, 0.3) is 7.82 Å². The van der Waals surface area contributed by atoms with Crippen LogP contribution >= 0.6 is 7.82 Å². The molecule has 0 amide bonds. The quantitative estimate of drug-likeness (QED) is 0.204. The highest BCUT2D eigenvalue weighted by molar-refractivity contribution is 7.84. The second-order valence-electron chi connectivity index (χ2n) is 9.88. The Bertz CT molecular complexity index is 1900. The van der Waals surface area contributed by atoms with Gasteiger partial charge in [0, 0.05) is 0 Å². The van der Waals surface area contributed by atoms with Gasteiger partial charge in [-0.15, -0.1) is 0 Å². The Morgan fingerprint density at radius 1 is 0.886 bits per heavy atom. The van der Waals surface area contributed by atoms with Gasteiger partial charge >= 0.3 is 10.3 Å². The van der Waals surface area contributed by atoms with E-state index in [1.807, 2.05) is 4.72 Å². The van der Waals surface area contributed by atoms with Crippen molar-refractivity contribution in [3.8, 4) is 0 Å². The standard InChI is InChI=1S/C20H22F2N11O9PS/c21-9-11-7(40-19(9)32-5-29-12-15(23)25-3-27-17(12)32)1-38-43(34,35)42-14-8(2-39-44(36,37)31-11)41-20(10(14)22)33-6-30-13-16(24)26-4-28-18(13)33/h3-11,14,19-20,31H,1-2H2,(H,34,35)(H2,23,25,27)(H2,24,26,28)/p-1/t7-,8-,9-,10-,11-,14-,19-,20-/m1/s1. The molecule has 0 aliphatic carbocycles. The van der Waals surface area contributed by atoms with Crippen LogP contribution in [0.3, 0.4) is 0 Å². The van der Waals surface area contributed by atoms with Crippen molar-refractivity contribution in [3.05, 3.63) is 25.3 Å². The minimum atomic E-state index is -5.36. The predicted molar refractivity (Wildman–Crippen MR) is 137 cm³/mol. The number of anilines is 2. The van der Waals surface area contributed by atoms with Crippen molar-refractivity contribution in [2.45, 2.75) is 49.2 Å². The Morgan fingerprint density at radius 2 is 1.45 bits per heavy atom. The number of halogens is 2. The summed E-state index contributed by atoms with van der Waals surface area (Å²) in [5.41, 5.74) is 11.9. The molecule has 3 aliphatic rings. The van der Waals surface area contributed by atoms with Gasteiger partial charge in [-0.2, -0.15) is 13.1 Å². The molecule has 1 unspecified atom stereocenters. The number of nitrogens with zero attached hydrogens (tertiary/aromatic N) is 8. The van der Waals surface area contributed by atoms with Crippen molar-refractivity contribution in [1.82, 2.24) is 43.8 Å². The summed E-state index contributed by atoms with van der Waals surface area (Å²) in [7, 11) is -10.2. The lowest BCUT2D eigenvalue weighted by Crippen LogP contribution is -2.49. The van der Waals surface area contributed by atoms with Gasteiger partial charge in [0.15, 0.2) is 47.7 Å². The second-order valence-corrected chi connectivity index (χ2v) is 12.6. The van der Waals surface area contributed by atoms with Crippen molar-refractivity contribution in [3.63, 3.8) is 0 Å². The third-order valence-corrected chi connectivity index (χ3v) is 9.21. The van der Waals surface area contributed by atoms with E-state index >= 15 is 8.78 Å². The summed E-state index contributed by atoms with van der Waals surface area (Å²) in [6.45, 7) is -1.88. The van der Waals surface area contributed by atoms with Gasteiger partial charge in [-0.25, -0.2) is 38.7 Å². The van der Waals surface area contributed by atoms with Crippen LogP contribution in [0.5, 0.6) is 0 Å². The van der Waals surface area contributed by atoms with E-state index in [9.17, 15) is 17.9 Å². The maximum Gasteiger partial charge on any atom is 0.336 e. The first-order valence-corrected chi connectivity index (χ1v) is 15.5. The molecule has 4 aromatic heterocycles. The van der Waals surface area contributed by atoms with E-state index < -0.39 is 80.5 Å². The summed E-state index contributed by atoms with van der Waals surface area (Å²) < 4.78 is 101. The molecule has 0 radical (unpaired) electrons. The Kier molecular flexibility index (Phi) is 6.98. The van der Waals surface area contributed by atoms with E-state index in [0.717, 1.165) is 34.4 Å². The Hall–Kier alpha value is -3.54. The highest BCUT2D eigenvalue weighted by atomic mass is 32.2. The molecule has 44 heavy (non-hydrogen) atoms. The third kappa shape index (κ3) is 4.95. The molecule has 20 nitrogen and oxygen atoms in total. The topological polar surface area (TPSA) is 272 Å². The first-order valence-electron chi connectivity index (χ1n) is 12.7. The van der Waals surface area contributed by atoms with Crippen molar-refractivity contribution >= 4 is 52.1 Å². The predicted octanol–water partition coefficient (Wildman–Crippen LogP) is -1.59. The molecule has 236 valence electrons. The summed E-state index contributed by atoms with van der Waals surface area (Å²) in [6, 6.07) is -1.73. The van der Waals surface area contributed by atoms with Crippen LogP contribution in [0, 0.1) is 0 Å². The number of aromatic nitrogens is 8. The smallest absolute Gasteiger partial charge is 0.336 e. The minimum Gasteiger partial charge on any atom is -0.756 e. The lowest BCUT2D eigenvalue weighted by molar-refractivity contribution is -0.235. The zero-order valence-electron chi connectivity index (χ0n) is 21.9. The summed E-state index contributed by atoms with van der Waals surface area (Å²) in [5.74, 6) is -0.0158. The number of hydrogen-bond donors (Lipinski definition) is 3. The summed E-state index contributed by atoms with van der Waals surface area (Å²) in [5, 5.41) is 0. The van der Waals surface area contributed by atoms with E-state index in [-0.39, 0.29) is 34.0 Å². The van der Waals surface area contributed by atoms with Crippen LogP contribution in [-0.4, -0.2) is 97.4 Å². The average molecular weight is 660 g/mol. The average Bonchev–Trinajstić information content (AvgIpc) is 3.73. The largest absolute Gasteiger partial charge is 0.756 e. The maximum atomic E-state index is 15.8. The van der Waals surface area contributed by atoms with Crippen molar-refractivity contribution in [2.24, 2.45) is 0 Å². The van der Waals surface area contributed by atoms with Crippen LogP contribution < -0.4 is 21.1 Å². The highest BCUT2D eigenvalue weighted by Gasteiger charge is 2.52. The number of fused-ring (bicyclic) bond motifs is 4. The Morgan fingerprint density at radius 3 is 2.07 bits per heavy atom. The molecule has 3 aliphatic heterocycles. The van der Waals surface area contributed by atoms with E-state index in [4.69, 9.17) is 34.2 Å². The zero-order valence-corrected chi connectivity index (χ0v) is 23.6. The Balaban J connectivity index is 1.17. The number of rotatable bonds is 2. The number of nitrogens with two attached hydrogens (primary N) is 2. The summed E-state index contributed by atoms with van der Waals surface area (Å²) in [6.07, 6.45) is -8.19. The zero-order chi connectivity index (χ0) is 31.0. The highest BCUT2D eigenvalue weighted by Crippen LogP contribution is 2.47. The van der Waals surface area contributed by atoms with Gasteiger partial charge in [0.05, 0.1) is 31.9 Å². The number of nitrogens with one attached hydrogen (secondary N) is 1. The Labute approximate surface area is 244 Å².